The van der Waals surface area contributed by atoms with Gasteiger partial charge < -0.3 is 15.2 Å². The van der Waals surface area contributed by atoms with Crippen molar-refractivity contribution < 1.29 is 27.3 Å². The summed E-state index contributed by atoms with van der Waals surface area (Å²) in [6, 6.07) is 7.20. The number of rotatable bonds is 7. The van der Waals surface area contributed by atoms with Crippen LogP contribution in [0.5, 0.6) is 0 Å². The van der Waals surface area contributed by atoms with Crippen LogP contribution < -0.4 is 10.6 Å². The predicted molar refractivity (Wildman–Crippen MR) is 140 cm³/mol. The number of aromatic nitrogens is 2. The van der Waals surface area contributed by atoms with Crippen LogP contribution in [0.4, 0.5) is 13.2 Å². The molecule has 2 aromatic heterocycles. The Kier molecular flexibility index (Phi) is 8.20. The number of benzene rings is 1. The van der Waals surface area contributed by atoms with Gasteiger partial charge in [-0.3, -0.25) is 19.5 Å². The van der Waals surface area contributed by atoms with Gasteiger partial charge >= 0.3 is 0 Å². The Morgan fingerprint density at radius 3 is 2.55 bits per heavy atom. The van der Waals surface area contributed by atoms with Crippen LogP contribution in [0.3, 0.4) is 0 Å². The smallest absolute Gasteiger partial charge is 0.273 e. The number of piperidine rings is 1. The highest BCUT2D eigenvalue weighted by Gasteiger charge is 2.40. The summed E-state index contributed by atoms with van der Waals surface area (Å²) in [6.07, 6.45) is 5.59. The quantitative estimate of drug-likeness (QED) is 0.441. The average molecular weight is 556 g/mol. The molecule has 2 unspecified atom stereocenters. The first-order valence-corrected chi connectivity index (χ1v) is 13.6. The van der Waals surface area contributed by atoms with Crippen LogP contribution in [0.2, 0.25) is 0 Å². The number of hydrogen-bond acceptors (Lipinski definition) is 6. The van der Waals surface area contributed by atoms with Gasteiger partial charge in [0.2, 0.25) is 5.91 Å². The van der Waals surface area contributed by atoms with Crippen molar-refractivity contribution in [3.63, 3.8) is 0 Å². The summed E-state index contributed by atoms with van der Waals surface area (Å²) < 4.78 is 46.8. The van der Waals surface area contributed by atoms with Crippen LogP contribution in [-0.2, 0) is 4.79 Å². The minimum atomic E-state index is -1.17. The maximum atomic E-state index is 14.2. The molecule has 5 rings (SSSR count). The molecule has 1 saturated heterocycles. The molecule has 2 N–H and O–H groups in total. The number of nitrogens with zero attached hydrogens (tertiary/aromatic N) is 3. The second-order valence-corrected chi connectivity index (χ2v) is 10.8. The predicted octanol–water partition coefficient (Wildman–Crippen LogP) is 4.64. The first-order valence-electron chi connectivity index (χ1n) is 13.6. The van der Waals surface area contributed by atoms with Gasteiger partial charge in [0.15, 0.2) is 11.5 Å². The molecule has 40 heavy (non-hydrogen) atoms. The molecule has 2 amide bonds. The second-order valence-electron chi connectivity index (χ2n) is 10.8. The Bertz CT molecular complexity index is 1340. The Morgan fingerprint density at radius 2 is 1.88 bits per heavy atom. The molecule has 2 fully saturated rings. The van der Waals surface area contributed by atoms with E-state index in [4.69, 9.17) is 4.52 Å². The molecule has 1 aliphatic heterocycles. The largest absolute Gasteiger partial charge is 0.355 e. The van der Waals surface area contributed by atoms with E-state index >= 15 is 0 Å². The number of carbonyl (C=O) groups excluding carboxylic acids is 2. The molecule has 0 radical (unpaired) electrons. The van der Waals surface area contributed by atoms with Crippen molar-refractivity contribution >= 4 is 11.8 Å². The van der Waals surface area contributed by atoms with Crippen molar-refractivity contribution in [1.82, 2.24) is 25.7 Å². The van der Waals surface area contributed by atoms with Crippen molar-refractivity contribution in [2.24, 2.45) is 11.8 Å². The molecule has 5 atom stereocenters. The highest BCUT2D eigenvalue weighted by molar-refractivity contribution is 5.94. The summed E-state index contributed by atoms with van der Waals surface area (Å²) in [5.41, 5.74) is -0.0948. The van der Waals surface area contributed by atoms with E-state index in [1.165, 1.54) is 0 Å². The van der Waals surface area contributed by atoms with Crippen molar-refractivity contribution in [3.05, 3.63) is 71.4 Å². The maximum Gasteiger partial charge on any atom is 0.273 e. The number of amides is 2. The highest BCUT2D eigenvalue weighted by atomic mass is 19.1. The fourth-order valence-electron chi connectivity index (χ4n) is 5.93. The zero-order valence-corrected chi connectivity index (χ0v) is 22.4. The maximum absolute atomic E-state index is 14.2. The van der Waals surface area contributed by atoms with Crippen molar-refractivity contribution in [1.29, 1.82) is 0 Å². The average Bonchev–Trinajstić information content (AvgIpc) is 3.58. The van der Waals surface area contributed by atoms with Gasteiger partial charge in [-0.2, -0.15) is 0 Å². The van der Waals surface area contributed by atoms with Crippen LogP contribution >= 0.6 is 0 Å². The van der Waals surface area contributed by atoms with E-state index in [1.54, 1.807) is 12.3 Å². The Hall–Kier alpha value is -3.73. The molecule has 0 bridgehead atoms. The molecule has 212 valence electrons. The molecule has 11 heteroatoms. The molecule has 3 heterocycles. The summed E-state index contributed by atoms with van der Waals surface area (Å²) in [5, 5.41) is 9.61. The zero-order valence-electron chi connectivity index (χ0n) is 22.4. The summed E-state index contributed by atoms with van der Waals surface area (Å²) in [6.45, 7) is 5.29. The molecule has 8 nitrogen and oxygen atoms in total. The van der Waals surface area contributed by atoms with Crippen LogP contribution in [0.15, 0.2) is 47.1 Å². The summed E-state index contributed by atoms with van der Waals surface area (Å²) in [7, 11) is 0. The molecule has 0 spiro atoms. The molecule has 3 aromatic rings. The summed E-state index contributed by atoms with van der Waals surface area (Å²) >= 11 is 0. The summed E-state index contributed by atoms with van der Waals surface area (Å²) in [5.74, 6) is -4.62. The molecule has 1 saturated carbocycles. The van der Waals surface area contributed by atoms with E-state index in [0.717, 1.165) is 37.6 Å². The molecule has 1 aromatic carbocycles. The minimum absolute atomic E-state index is 0.199. The van der Waals surface area contributed by atoms with E-state index < -0.39 is 40.9 Å². The highest BCUT2D eigenvalue weighted by Crippen LogP contribution is 2.33. The zero-order chi connectivity index (χ0) is 28.4. The number of halogens is 3. The number of carbonyl (C=O) groups is 2. The van der Waals surface area contributed by atoms with E-state index in [9.17, 15) is 22.8 Å². The van der Waals surface area contributed by atoms with E-state index in [1.807, 2.05) is 19.1 Å². The molecular weight excluding hydrogens is 523 g/mol. The second kappa shape index (κ2) is 11.8. The fraction of sp³-hybridized carbons (Fsp3) is 0.448. The fourth-order valence-corrected chi connectivity index (χ4v) is 5.93. The third-order valence-corrected chi connectivity index (χ3v) is 8.07. The van der Waals surface area contributed by atoms with Gasteiger partial charge in [0.25, 0.3) is 5.91 Å². The molecule has 1 aliphatic carbocycles. The van der Waals surface area contributed by atoms with E-state index in [2.05, 4.69) is 32.6 Å². The Labute approximate surface area is 230 Å². The number of pyridine rings is 1. The first kappa shape index (κ1) is 27.8. The van der Waals surface area contributed by atoms with Crippen molar-refractivity contribution in [2.45, 2.75) is 57.7 Å². The number of nitrogens with one attached hydrogen (secondary N) is 2. The van der Waals surface area contributed by atoms with Gasteiger partial charge in [0, 0.05) is 49.6 Å². The van der Waals surface area contributed by atoms with Crippen LogP contribution in [-0.4, -0.2) is 52.0 Å². The van der Waals surface area contributed by atoms with Gasteiger partial charge in [-0.1, -0.05) is 24.6 Å². The van der Waals surface area contributed by atoms with Crippen molar-refractivity contribution in [2.75, 3.05) is 13.1 Å². The van der Waals surface area contributed by atoms with Gasteiger partial charge in [-0.05, 0) is 44.2 Å². The van der Waals surface area contributed by atoms with Gasteiger partial charge in [0.05, 0.1) is 23.2 Å². The Balaban J connectivity index is 1.33. The summed E-state index contributed by atoms with van der Waals surface area (Å²) in [4.78, 5) is 33.4. The lowest BCUT2D eigenvalue weighted by Gasteiger charge is -2.42. The lowest BCUT2D eigenvalue weighted by atomic mass is 9.88. The lowest BCUT2D eigenvalue weighted by Crippen LogP contribution is -2.58. The SMILES string of the molecule is CC1CCCC1N1CC[C@@H](NC(=O)c2cc(-c3c(F)cc(F)cc3F)on2)[C@H](C(=O)N[C@H](C)c2ccccn2)C1. The lowest BCUT2D eigenvalue weighted by molar-refractivity contribution is -0.128. The van der Waals surface area contributed by atoms with Crippen LogP contribution in [0.1, 0.15) is 61.8 Å². The third-order valence-electron chi connectivity index (χ3n) is 8.07. The molecular formula is C29H32F3N5O3. The number of hydrogen-bond donors (Lipinski definition) is 2. The number of likely N-dealkylation sites (tertiary alicyclic amines) is 1. The normalized spacial score (nSPS) is 24.0. The topological polar surface area (TPSA) is 100 Å². The standard InChI is InChI=1S/C29H32F3N5O3/c1-16-6-5-8-25(16)37-11-9-23(19(15-37)28(38)34-17(2)22-7-3-4-10-33-22)35-29(39)24-14-26(40-36-24)27-20(31)12-18(30)13-21(27)32/h3-4,7,10,12-14,16-17,19,23,25H,5-6,8-9,11,15H2,1-2H3,(H,34,38)(H,35,39)/t16?,17-,19-,23-,25?/m1/s1. The van der Waals surface area contributed by atoms with E-state index in [-0.39, 0.29) is 23.4 Å². The molecule has 2 aliphatic rings. The van der Waals surface area contributed by atoms with Crippen LogP contribution in [0.25, 0.3) is 11.3 Å². The minimum Gasteiger partial charge on any atom is -0.355 e. The van der Waals surface area contributed by atoms with Crippen LogP contribution in [0, 0.1) is 29.3 Å². The third kappa shape index (κ3) is 5.89. The Morgan fingerprint density at radius 1 is 1.10 bits per heavy atom. The van der Waals surface area contributed by atoms with Gasteiger partial charge in [-0.15, -0.1) is 0 Å². The van der Waals surface area contributed by atoms with Gasteiger partial charge in [-0.25, -0.2) is 13.2 Å². The van der Waals surface area contributed by atoms with Crippen molar-refractivity contribution in [3.8, 4) is 11.3 Å². The monoisotopic (exact) mass is 555 g/mol. The van der Waals surface area contributed by atoms with E-state index in [0.29, 0.717) is 37.1 Å². The first-order chi connectivity index (χ1) is 19.2. The van der Waals surface area contributed by atoms with Gasteiger partial charge in [0.1, 0.15) is 17.5 Å².